The molecule has 0 aliphatic carbocycles. The van der Waals surface area contributed by atoms with Crippen molar-refractivity contribution in [3.8, 4) is 0 Å². The van der Waals surface area contributed by atoms with Crippen LogP contribution in [0.4, 0.5) is 5.69 Å². The number of para-hydroxylation sites is 2. The van der Waals surface area contributed by atoms with E-state index in [0.29, 0.717) is 13.0 Å². The van der Waals surface area contributed by atoms with E-state index >= 15 is 0 Å². The minimum Gasteiger partial charge on any atom is -0.370 e. The fraction of sp³-hybridized carbons (Fsp3) is 0.379. The normalized spacial score (nSPS) is 23.9. The fourth-order valence-corrected chi connectivity index (χ4v) is 7.16. The third-order valence-corrected chi connectivity index (χ3v) is 9.27. The van der Waals surface area contributed by atoms with E-state index in [9.17, 15) is 4.79 Å². The molecule has 0 unspecified atom stereocenters. The fourth-order valence-electron chi connectivity index (χ4n) is 6.02. The van der Waals surface area contributed by atoms with Crippen molar-refractivity contribution in [1.29, 1.82) is 0 Å². The van der Waals surface area contributed by atoms with E-state index in [1.807, 2.05) is 0 Å². The largest absolute Gasteiger partial charge is 0.370 e. The van der Waals surface area contributed by atoms with Gasteiger partial charge in [-0.05, 0) is 29.8 Å². The lowest BCUT2D eigenvalue weighted by atomic mass is 10.1. The van der Waals surface area contributed by atoms with E-state index in [4.69, 9.17) is 5.73 Å². The Morgan fingerprint density at radius 3 is 2.58 bits per heavy atom. The average molecular weight is 502 g/mol. The second kappa shape index (κ2) is 9.88. The number of aromatic nitrogens is 1. The molecule has 4 aliphatic heterocycles. The Balaban J connectivity index is 1.25. The Morgan fingerprint density at radius 1 is 1.03 bits per heavy atom. The van der Waals surface area contributed by atoms with Crippen molar-refractivity contribution >= 4 is 40.3 Å². The molecule has 1 aromatic heterocycles. The van der Waals surface area contributed by atoms with Crippen molar-refractivity contribution in [3.05, 3.63) is 71.4 Å². The third kappa shape index (κ3) is 4.63. The number of nitrogens with zero attached hydrogens (tertiary/aromatic N) is 4. The van der Waals surface area contributed by atoms with Crippen LogP contribution in [-0.2, 0) is 11.3 Å². The van der Waals surface area contributed by atoms with Crippen LogP contribution < -0.4 is 15.2 Å². The molecule has 186 valence electrons. The van der Waals surface area contributed by atoms with Gasteiger partial charge in [-0.3, -0.25) is 9.69 Å². The molecular formula is C29H35N5OS+2. The van der Waals surface area contributed by atoms with Crippen molar-refractivity contribution < 1.29 is 13.8 Å². The lowest BCUT2D eigenvalue weighted by Gasteiger charge is -2.50. The zero-order valence-corrected chi connectivity index (χ0v) is 21.6. The van der Waals surface area contributed by atoms with Gasteiger partial charge in [0, 0.05) is 49.6 Å². The summed E-state index contributed by atoms with van der Waals surface area (Å²) >= 11 is 1.76. The van der Waals surface area contributed by atoms with Crippen LogP contribution in [0.3, 0.4) is 0 Å². The second-order valence-corrected chi connectivity index (χ2v) is 11.4. The zero-order chi connectivity index (χ0) is 24.5. The first-order valence-corrected chi connectivity index (χ1v) is 14.0. The summed E-state index contributed by atoms with van der Waals surface area (Å²) in [6.07, 6.45) is 6.06. The second-order valence-electron chi connectivity index (χ2n) is 10.3. The van der Waals surface area contributed by atoms with Crippen molar-refractivity contribution in [2.45, 2.75) is 24.3 Å². The molecule has 6 nitrogen and oxygen atoms in total. The molecule has 3 aromatic rings. The van der Waals surface area contributed by atoms with Gasteiger partial charge in [0.15, 0.2) is 12.7 Å². The highest BCUT2D eigenvalue weighted by atomic mass is 32.2. The molecule has 7 heteroatoms. The Kier molecular flexibility index (Phi) is 6.46. The smallest absolute Gasteiger partial charge is 0.219 e. The summed E-state index contributed by atoms with van der Waals surface area (Å²) in [7, 11) is 0. The monoisotopic (exact) mass is 501 g/mol. The summed E-state index contributed by atoms with van der Waals surface area (Å²) in [6, 6.07) is 19.4. The molecule has 0 radical (unpaired) electrons. The predicted molar refractivity (Wildman–Crippen MR) is 146 cm³/mol. The standard InChI is InChI=1S/C29H34N5OS/c30-28(35)11-14-33-26-8-3-4-9-27(26)36-29(33)22-23-10-13-32(25-7-2-1-6-24(23)25)12-5-18-34-19-15-31(16-20-34)17-21-34/h1-4,6-10,13,22H,5,11-12,14-21H2,(H-,30,35)/q+1/p+1. The van der Waals surface area contributed by atoms with E-state index in [2.05, 4.69) is 81.2 Å². The Hall–Kier alpha value is -2.87. The molecule has 0 saturated carbocycles. The van der Waals surface area contributed by atoms with Gasteiger partial charge < -0.3 is 15.1 Å². The van der Waals surface area contributed by atoms with Gasteiger partial charge in [-0.1, -0.05) is 36.0 Å². The Bertz CT molecular complexity index is 1300. The first-order chi connectivity index (χ1) is 17.6. The number of thioether (sulfide) groups is 1. The number of aryl methyl sites for hydroxylation is 1. The molecule has 0 atom stereocenters. The number of nitrogens with two attached hydrogens (primary N) is 1. The number of carbonyl (C=O) groups is 1. The number of pyridine rings is 1. The Labute approximate surface area is 217 Å². The summed E-state index contributed by atoms with van der Waals surface area (Å²) in [5, 5.41) is 2.40. The van der Waals surface area contributed by atoms with Crippen LogP contribution >= 0.6 is 11.8 Å². The molecule has 2 aromatic carbocycles. The number of quaternary nitrogens is 1. The number of amides is 1. The van der Waals surface area contributed by atoms with Crippen LogP contribution in [0, 0.1) is 0 Å². The maximum absolute atomic E-state index is 11.5. The lowest BCUT2D eigenvalue weighted by molar-refractivity contribution is -0.942. The number of carbonyl (C=O) groups excluding carboxylic acids is 1. The molecule has 1 amide bonds. The zero-order valence-electron chi connectivity index (χ0n) is 20.8. The Morgan fingerprint density at radius 2 is 1.78 bits per heavy atom. The van der Waals surface area contributed by atoms with Gasteiger partial charge in [0.2, 0.25) is 11.4 Å². The number of piperazine rings is 3. The molecule has 36 heavy (non-hydrogen) atoms. The van der Waals surface area contributed by atoms with Gasteiger partial charge >= 0.3 is 0 Å². The highest BCUT2D eigenvalue weighted by molar-refractivity contribution is 8.03. The molecule has 3 saturated heterocycles. The van der Waals surface area contributed by atoms with Crippen LogP contribution in [0.15, 0.2) is 70.7 Å². The highest BCUT2D eigenvalue weighted by Gasteiger charge is 2.38. The van der Waals surface area contributed by atoms with Crippen molar-refractivity contribution in [2.75, 3.05) is 57.3 Å². The number of hydrogen-bond donors (Lipinski definition) is 1. The first-order valence-electron chi connectivity index (χ1n) is 13.1. The van der Waals surface area contributed by atoms with Crippen LogP contribution in [0.1, 0.15) is 18.4 Å². The first kappa shape index (κ1) is 23.5. The number of primary amides is 1. The van der Waals surface area contributed by atoms with Crippen molar-refractivity contribution in [2.24, 2.45) is 5.73 Å². The van der Waals surface area contributed by atoms with Crippen LogP contribution in [0.2, 0.25) is 0 Å². The minimum atomic E-state index is -0.271. The molecular weight excluding hydrogens is 466 g/mol. The van der Waals surface area contributed by atoms with E-state index in [-0.39, 0.29) is 5.91 Å². The molecule has 5 heterocycles. The summed E-state index contributed by atoms with van der Waals surface area (Å²) in [5.74, 6) is -0.271. The molecule has 2 N–H and O–H groups in total. The van der Waals surface area contributed by atoms with E-state index in [0.717, 1.165) is 17.3 Å². The van der Waals surface area contributed by atoms with Crippen LogP contribution in [-0.4, -0.2) is 67.6 Å². The summed E-state index contributed by atoms with van der Waals surface area (Å²) in [5.41, 5.74) is 9.12. The lowest BCUT2D eigenvalue weighted by Crippen LogP contribution is -2.67. The van der Waals surface area contributed by atoms with Crippen LogP contribution in [0.25, 0.3) is 17.0 Å². The number of hydrogen-bond acceptors (Lipinski definition) is 4. The maximum Gasteiger partial charge on any atom is 0.219 e. The number of fused-ring (bicyclic) bond motifs is 5. The number of benzene rings is 2. The van der Waals surface area contributed by atoms with Crippen molar-refractivity contribution in [3.63, 3.8) is 0 Å². The minimum absolute atomic E-state index is 0.271. The van der Waals surface area contributed by atoms with Gasteiger partial charge in [0.1, 0.15) is 0 Å². The molecule has 2 bridgehead atoms. The molecule has 3 fully saturated rings. The summed E-state index contributed by atoms with van der Waals surface area (Å²) in [6.45, 7) is 10.7. The summed E-state index contributed by atoms with van der Waals surface area (Å²) in [4.78, 5) is 17.6. The number of anilines is 1. The van der Waals surface area contributed by atoms with Gasteiger partial charge in [-0.2, -0.15) is 4.57 Å². The predicted octanol–water partition coefficient (Wildman–Crippen LogP) is 3.45. The van der Waals surface area contributed by atoms with Gasteiger partial charge in [0.25, 0.3) is 0 Å². The molecule has 4 aliphatic rings. The average Bonchev–Trinajstić information content (AvgIpc) is 3.26. The van der Waals surface area contributed by atoms with Gasteiger partial charge in [-0.25, -0.2) is 0 Å². The topological polar surface area (TPSA) is 53.5 Å². The SMILES string of the molecule is NC(=O)CCN1C(=Cc2cc[n+](CCC[N+]34CCN(CC3)CC4)c3ccccc23)Sc2ccccc21. The highest BCUT2D eigenvalue weighted by Crippen LogP contribution is 2.46. The third-order valence-electron chi connectivity index (χ3n) is 8.16. The molecule has 0 spiro atoms. The summed E-state index contributed by atoms with van der Waals surface area (Å²) < 4.78 is 3.75. The quantitative estimate of drug-likeness (QED) is 0.380. The molecule has 7 rings (SSSR count). The van der Waals surface area contributed by atoms with Crippen molar-refractivity contribution in [1.82, 2.24) is 4.90 Å². The van der Waals surface area contributed by atoms with E-state index in [1.165, 1.54) is 78.1 Å². The maximum atomic E-state index is 11.5. The van der Waals surface area contributed by atoms with Gasteiger partial charge in [-0.15, -0.1) is 0 Å². The number of rotatable bonds is 8. The van der Waals surface area contributed by atoms with E-state index < -0.39 is 0 Å². The van der Waals surface area contributed by atoms with Gasteiger partial charge in [0.05, 0.1) is 48.7 Å². The van der Waals surface area contributed by atoms with E-state index in [1.54, 1.807) is 11.8 Å². The van der Waals surface area contributed by atoms with Crippen LogP contribution in [0.5, 0.6) is 0 Å².